The molecule has 0 bridgehead atoms. The van der Waals surface area contributed by atoms with Gasteiger partial charge in [0, 0.05) is 24.6 Å². The Hall–Kier alpha value is -2.37. The molecular weight excluding hydrogens is 410 g/mol. The van der Waals surface area contributed by atoms with Gasteiger partial charge in [0.25, 0.3) is 0 Å². The molecule has 2 amide bonds. The molecule has 5 nitrogen and oxygen atoms in total. The standard InChI is InChI=1S/C25H33N3O2.ClH/c1-5-27(6-2)16-15-24(29)28-22-10-8-7-9-19(22)11-12-20-13-14-21(17-23(20)28)26-25(30)18(3)4;/h7-10,13-14,17-18H,5-6,11-12,15-16H2,1-4H3,(H,26,30);1H/p-1. The molecule has 0 aromatic heterocycles. The summed E-state index contributed by atoms with van der Waals surface area (Å²) in [6.07, 6.45) is 2.21. The summed E-state index contributed by atoms with van der Waals surface area (Å²) in [6.45, 7) is 10.6. The van der Waals surface area contributed by atoms with E-state index in [0.717, 1.165) is 55.1 Å². The van der Waals surface area contributed by atoms with Crippen molar-refractivity contribution in [2.75, 3.05) is 29.9 Å². The molecule has 0 aliphatic carbocycles. The highest BCUT2D eigenvalue weighted by atomic mass is 35.5. The van der Waals surface area contributed by atoms with Crippen LogP contribution in [0.1, 0.15) is 45.2 Å². The van der Waals surface area contributed by atoms with Crippen LogP contribution in [0.5, 0.6) is 0 Å². The zero-order valence-electron chi connectivity index (χ0n) is 19.0. The van der Waals surface area contributed by atoms with E-state index in [2.05, 4.69) is 30.1 Å². The van der Waals surface area contributed by atoms with Crippen LogP contribution in [-0.4, -0.2) is 36.3 Å². The highest BCUT2D eigenvalue weighted by molar-refractivity contribution is 6.03. The van der Waals surface area contributed by atoms with Gasteiger partial charge in [-0.15, -0.1) is 0 Å². The SMILES string of the molecule is CCN(CC)CCC(=O)N1c2ccccc2CCc2ccc(NC(=O)C(C)C)cc21.[Cl-]. The minimum Gasteiger partial charge on any atom is -1.00 e. The molecule has 31 heavy (non-hydrogen) atoms. The van der Waals surface area contributed by atoms with Crippen LogP contribution in [0.4, 0.5) is 17.1 Å². The molecule has 1 N–H and O–H groups in total. The molecule has 0 atom stereocenters. The summed E-state index contributed by atoms with van der Waals surface area (Å²) >= 11 is 0. The van der Waals surface area contributed by atoms with E-state index in [0.29, 0.717) is 6.42 Å². The Bertz CT molecular complexity index is 909. The van der Waals surface area contributed by atoms with Crippen molar-refractivity contribution in [2.45, 2.75) is 47.0 Å². The maximum absolute atomic E-state index is 13.5. The lowest BCUT2D eigenvalue weighted by atomic mass is 10.0. The number of anilines is 3. The van der Waals surface area contributed by atoms with Crippen molar-refractivity contribution in [3.8, 4) is 0 Å². The zero-order chi connectivity index (χ0) is 21.7. The van der Waals surface area contributed by atoms with Gasteiger partial charge in [0.2, 0.25) is 11.8 Å². The largest absolute Gasteiger partial charge is 1.00 e. The van der Waals surface area contributed by atoms with Crippen molar-refractivity contribution in [3.63, 3.8) is 0 Å². The maximum atomic E-state index is 13.5. The zero-order valence-corrected chi connectivity index (χ0v) is 19.7. The molecule has 1 heterocycles. The van der Waals surface area contributed by atoms with Gasteiger partial charge in [-0.1, -0.05) is 52.0 Å². The highest BCUT2D eigenvalue weighted by Gasteiger charge is 2.26. The van der Waals surface area contributed by atoms with Gasteiger partial charge in [-0.3, -0.25) is 14.5 Å². The molecule has 2 aromatic carbocycles. The van der Waals surface area contributed by atoms with Crippen LogP contribution in [0.25, 0.3) is 0 Å². The number of carbonyl (C=O) groups excluding carboxylic acids is 2. The number of aryl methyl sites for hydroxylation is 2. The number of nitrogens with zero attached hydrogens (tertiary/aromatic N) is 2. The number of rotatable bonds is 7. The van der Waals surface area contributed by atoms with Gasteiger partial charge in [0.05, 0.1) is 11.4 Å². The minimum atomic E-state index is -0.101. The minimum absolute atomic E-state index is 0. The van der Waals surface area contributed by atoms with E-state index in [1.165, 1.54) is 5.56 Å². The molecule has 2 aromatic rings. The van der Waals surface area contributed by atoms with Crippen LogP contribution in [0.3, 0.4) is 0 Å². The fourth-order valence-electron chi connectivity index (χ4n) is 3.86. The topological polar surface area (TPSA) is 52.7 Å². The molecule has 1 aliphatic heterocycles. The van der Waals surface area contributed by atoms with Crippen LogP contribution < -0.4 is 22.6 Å². The predicted molar refractivity (Wildman–Crippen MR) is 123 cm³/mol. The average molecular weight is 443 g/mol. The number of benzene rings is 2. The third kappa shape index (κ3) is 5.86. The van der Waals surface area contributed by atoms with Gasteiger partial charge < -0.3 is 22.6 Å². The molecule has 1 aliphatic rings. The third-order valence-electron chi connectivity index (χ3n) is 5.80. The first-order valence-corrected chi connectivity index (χ1v) is 11.0. The number of hydrogen-bond acceptors (Lipinski definition) is 3. The maximum Gasteiger partial charge on any atom is 0.232 e. The Balaban J connectivity index is 0.00000341. The second-order valence-electron chi connectivity index (χ2n) is 8.12. The number of nitrogens with one attached hydrogen (secondary N) is 1. The van der Waals surface area contributed by atoms with E-state index >= 15 is 0 Å². The van der Waals surface area contributed by atoms with E-state index < -0.39 is 0 Å². The lowest BCUT2D eigenvalue weighted by molar-refractivity contribution is -0.119. The lowest BCUT2D eigenvalue weighted by Crippen LogP contribution is -3.00. The number of hydrogen-bond donors (Lipinski definition) is 1. The Kier molecular flexibility index (Phi) is 9.08. The third-order valence-corrected chi connectivity index (χ3v) is 5.80. The quantitative estimate of drug-likeness (QED) is 0.711. The van der Waals surface area contributed by atoms with Gasteiger partial charge >= 0.3 is 0 Å². The van der Waals surface area contributed by atoms with E-state index in [4.69, 9.17) is 0 Å². The Morgan fingerprint density at radius 1 is 1.00 bits per heavy atom. The summed E-state index contributed by atoms with van der Waals surface area (Å²) in [5, 5.41) is 2.98. The van der Waals surface area contributed by atoms with Crippen molar-refractivity contribution in [1.82, 2.24) is 4.90 Å². The molecular formula is C25H33ClN3O2-. The van der Waals surface area contributed by atoms with E-state index in [1.807, 2.05) is 55.1 Å². The van der Waals surface area contributed by atoms with Crippen molar-refractivity contribution in [3.05, 3.63) is 53.6 Å². The Morgan fingerprint density at radius 2 is 1.65 bits per heavy atom. The van der Waals surface area contributed by atoms with Crippen LogP contribution in [0, 0.1) is 5.92 Å². The van der Waals surface area contributed by atoms with Gasteiger partial charge in [0.1, 0.15) is 0 Å². The van der Waals surface area contributed by atoms with Crippen molar-refractivity contribution in [2.24, 2.45) is 5.92 Å². The molecule has 6 heteroatoms. The van der Waals surface area contributed by atoms with E-state index in [1.54, 1.807) is 0 Å². The molecule has 0 fully saturated rings. The molecule has 0 radical (unpaired) electrons. The lowest BCUT2D eigenvalue weighted by Gasteiger charge is -2.27. The van der Waals surface area contributed by atoms with E-state index in [-0.39, 0.29) is 30.1 Å². The molecule has 168 valence electrons. The monoisotopic (exact) mass is 442 g/mol. The van der Waals surface area contributed by atoms with Crippen LogP contribution in [0.2, 0.25) is 0 Å². The molecule has 3 rings (SSSR count). The number of halogens is 1. The van der Waals surface area contributed by atoms with Gasteiger partial charge in [0.15, 0.2) is 0 Å². The van der Waals surface area contributed by atoms with Gasteiger partial charge in [-0.25, -0.2) is 0 Å². The second kappa shape index (κ2) is 11.3. The average Bonchev–Trinajstić information content (AvgIpc) is 2.90. The summed E-state index contributed by atoms with van der Waals surface area (Å²) < 4.78 is 0. The fraction of sp³-hybridized carbons (Fsp3) is 0.440. The van der Waals surface area contributed by atoms with Gasteiger partial charge in [-0.2, -0.15) is 0 Å². The summed E-state index contributed by atoms with van der Waals surface area (Å²) in [6, 6.07) is 14.1. The first-order valence-electron chi connectivity index (χ1n) is 11.0. The highest BCUT2D eigenvalue weighted by Crippen LogP contribution is 2.38. The Morgan fingerprint density at radius 3 is 2.29 bits per heavy atom. The Labute approximate surface area is 192 Å². The van der Waals surface area contributed by atoms with E-state index in [9.17, 15) is 9.59 Å². The van der Waals surface area contributed by atoms with Crippen LogP contribution >= 0.6 is 0 Å². The smallest absolute Gasteiger partial charge is 0.232 e. The number of amides is 2. The fourth-order valence-corrected chi connectivity index (χ4v) is 3.86. The normalized spacial score (nSPS) is 12.6. The first-order chi connectivity index (χ1) is 14.4. The number of para-hydroxylation sites is 1. The number of fused-ring (bicyclic) bond motifs is 2. The second-order valence-corrected chi connectivity index (χ2v) is 8.12. The van der Waals surface area contributed by atoms with Gasteiger partial charge in [-0.05, 0) is 55.3 Å². The van der Waals surface area contributed by atoms with Crippen molar-refractivity contribution in [1.29, 1.82) is 0 Å². The molecule has 0 saturated heterocycles. The number of carbonyl (C=O) groups is 2. The molecule has 0 saturated carbocycles. The summed E-state index contributed by atoms with van der Waals surface area (Å²) in [5.74, 6) is -0.0374. The summed E-state index contributed by atoms with van der Waals surface area (Å²) in [4.78, 5) is 29.8. The van der Waals surface area contributed by atoms with Crippen molar-refractivity contribution >= 4 is 28.9 Å². The predicted octanol–water partition coefficient (Wildman–Crippen LogP) is 1.78. The first kappa shape index (κ1) is 24.9. The van der Waals surface area contributed by atoms with Crippen molar-refractivity contribution < 1.29 is 22.0 Å². The summed E-state index contributed by atoms with van der Waals surface area (Å²) in [7, 11) is 0. The molecule has 0 spiro atoms. The van der Waals surface area contributed by atoms with Crippen LogP contribution in [-0.2, 0) is 22.4 Å². The summed E-state index contributed by atoms with van der Waals surface area (Å²) in [5.41, 5.74) is 4.87. The molecule has 0 unspecified atom stereocenters. The van der Waals surface area contributed by atoms with Crippen LogP contribution in [0.15, 0.2) is 42.5 Å².